The van der Waals surface area contributed by atoms with E-state index < -0.39 is 29.9 Å². The number of fused-ring (bicyclic) bond motifs is 4. The molecule has 5 saturated carbocycles. The lowest BCUT2D eigenvalue weighted by Crippen LogP contribution is -2.60. The third kappa shape index (κ3) is 4.48. The number of hydrogen-bond donors (Lipinski definition) is 2. The Morgan fingerprint density at radius 2 is 1.76 bits per heavy atom. The maximum Gasteiger partial charge on any atom is 0.303 e. The van der Waals surface area contributed by atoms with Gasteiger partial charge in [0.05, 0.1) is 36.6 Å². The van der Waals surface area contributed by atoms with Crippen LogP contribution < -0.4 is 0 Å². The van der Waals surface area contributed by atoms with Crippen molar-refractivity contribution < 1.29 is 34.0 Å². The molecule has 7 fully saturated rings. The number of aliphatic hydroxyl groups excluding tert-OH is 1. The maximum atomic E-state index is 12.5. The second-order valence-corrected chi connectivity index (χ2v) is 18.6. The van der Waals surface area contributed by atoms with Gasteiger partial charge in [-0.3, -0.25) is 9.69 Å². The molecule has 2 N–H and O–H groups in total. The predicted molar refractivity (Wildman–Crippen MR) is 175 cm³/mol. The fourth-order valence-corrected chi connectivity index (χ4v) is 13.8. The number of likely N-dealkylation sites (N-methyl/N-ethyl adjacent to an activating group) is 1. The Morgan fingerprint density at radius 3 is 2.43 bits per heavy atom. The first-order chi connectivity index (χ1) is 21.5. The molecule has 0 amide bonds. The summed E-state index contributed by atoms with van der Waals surface area (Å²) in [4.78, 5) is 14.5. The highest BCUT2D eigenvalue weighted by Crippen LogP contribution is 2.89. The molecule has 0 aromatic heterocycles. The summed E-state index contributed by atoms with van der Waals surface area (Å²) in [5.41, 5.74) is -0.876. The third-order valence-corrected chi connectivity index (χ3v) is 16.0. The van der Waals surface area contributed by atoms with Crippen LogP contribution >= 0.6 is 0 Å². The zero-order chi connectivity index (χ0) is 33.2. The summed E-state index contributed by atoms with van der Waals surface area (Å²) in [5.74, 6) is 1.16. The molecule has 5 aliphatic carbocycles. The average molecular weight is 646 g/mol. The SMILES string of the molecule is CCN1CCO[C@@H](O[C@H]2CC[C@]34C[C@]35CC[C@]3(C)[C@@H]6C(OC([C@H](OC(C)=O)C(C)(C)O)C[C@H]6C)[C@H](O)[C@@]3(C)C5CC[C@H]4C2(C)C)C1. The summed E-state index contributed by atoms with van der Waals surface area (Å²) in [6, 6.07) is 0. The van der Waals surface area contributed by atoms with Gasteiger partial charge in [0, 0.05) is 25.4 Å². The van der Waals surface area contributed by atoms with Crippen LogP contribution in [0.15, 0.2) is 0 Å². The van der Waals surface area contributed by atoms with Gasteiger partial charge in [-0.25, -0.2) is 0 Å². The predicted octanol–water partition coefficient (Wildman–Crippen LogP) is 5.57. The second kappa shape index (κ2) is 10.9. The van der Waals surface area contributed by atoms with Crippen LogP contribution in [0.1, 0.15) is 114 Å². The molecule has 7 rings (SSSR count). The number of hydrogen-bond acceptors (Lipinski definition) is 8. The Hall–Kier alpha value is -0.770. The molecular formula is C38H63NO7. The lowest BCUT2D eigenvalue weighted by atomic mass is 9.41. The van der Waals surface area contributed by atoms with Crippen molar-refractivity contribution in [3.8, 4) is 0 Å². The smallest absolute Gasteiger partial charge is 0.303 e. The van der Waals surface area contributed by atoms with Gasteiger partial charge >= 0.3 is 5.97 Å². The van der Waals surface area contributed by atoms with Crippen molar-refractivity contribution in [3.63, 3.8) is 0 Å². The van der Waals surface area contributed by atoms with Crippen LogP contribution in [-0.4, -0.2) is 89.7 Å². The van der Waals surface area contributed by atoms with E-state index in [0.717, 1.165) is 45.5 Å². The number of morpholine rings is 1. The van der Waals surface area contributed by atoms with Gasteiger partial charge in [-0.05, 0) is 117 Å². The molecule has 2 spiro atoms. The highest BCUT2D eigenvalue weighted by molar-refractivity contribution is 5.66. The number of ether oxygens (including phenoxy) is 4. The summed E-state index contributed by atoms with van der Waals surface area (Å²) in [7, 11) is 0. The molecule has 7 aliphatic rings. The number of rotatable bonds is 6. The van der Waals surface area contributed by atoms with Crippen molar-refractivity contribution in [1.29, 1.82) is 0 Å². The molecule has 8 nitrogen and oxygen atoms in total. The summed E-state index contributed by atoms with van der Waals surface area (Å²) in [6.45, 7) is 22.7. The molecular weight excluding hydrogens is 582 g/mol. The summed E-state index contributed by atoms with van der Waals surface area (Å²) < 4.78 is 25.5. The van der Waals surface area contributed by atoms with E-state index in [0.29, 0.717) is 23.7 Å². The van der Waals surface area contributed by atoms with E-state index in [4.69, 9.17) is 18.9 Å². The average Bonchev–Trinajstić information content (AvgIpc) is 3.61. The number of aliphatic hydroxyl groups is 2. The van der Waals surface area contributed by atoms with Crippen LogP contribution in [0.2, 0.25) is 0 Å². The Balaban J connectivity index is 1.14. The number of esters is 1. The molecule has 3 unspecified atom stereocenters. The quantitative estimate of drug-likeness (QED) is 0.362. The van der Waals surface area contributed by atoms with Crippen molar-refractivity contribution in [2.45, 2.75) is 156 Å². The fourth-order valence-electron chi connectivity index (χ4n) is 13.8. The van der Waals surface area contributed by atoms with Crippen LogP contribution in [0.4, 0.5) is 0 Å². The molecule has 2 aliphatic heterocycles. The van der Waals surface area contributed by atoms with Crippen LogP contribution in [-0.2, 0) is 23.7 Å². The molecule has 262 valence electrons. The van der Waals surface area contributed by atoms with Crippen molar-refractivity contribution in [2.24, 2.45) is 50.7 Å². The molecule has 46 heavy (non-hydrogen) atoms. The van der Waals surface area contributed by atoms with Gasteiger partial charge in [0.25, 0.3) is 0 Å². The van der Waals surface area contributed by atoms with Crippen molar-refractivity contribution >= 4 is 5.97 Å². The van der Waals surface area contributed by atoms with Crippen molar-refractivity contribution in [2.75, 3.05) is 26.2 Å². The number of nitrogens with zero attached hydrogens (tertiary/aromatic N) is 1. The number of carbonyl (C=O) groups is 1. The van der Waals surface area contributed by atoms with Gasteiger partial charge in [0.15, 0.2) is 12.4 Å². The highest BCUT2D eigenvalue weighted by Gasteiger charge is 2.84. The third-order valence-electron chi connectivity index (χ3n) is 16.0. The van der Waals surface area contributed by atoms with Crippen LogP contribution in [0.25, 0.3) is 0 Å². The van der Waals surface area contributed by atoms with Gasteiger partial charge in [0.2, 0.25) is 0 Å². The Bertz CT molecular complexity index is 1200. The summed E-state index contributed by atoms with van der Waals surface area (Å²) in [5, 5.41) is 23.6. The van der Waals surface area contributed by atoms with Gasteiger partial charge in [-0.15, -0.1) is 0 Å². The minimum absolute atomic E-state index is 0.0427. The van der Waals surface area contributed by atoms with E-state index in [9.17, 15) is 15.0 Å². The molecule has 0 aromatic carbocycles. The monoisotopic (exact) mass is 645 g/mol. The topological polar surface area (TPSA) is 97.7 Å². The lowest BCUT2D eigenvalue weighted by Gasteiger charge is -2.64. The van der Waals surface area contributed by atoms with E-state index in [1.54, 1.807) is 13.8 Å². The van der Waals surface area contributed by atoms with Gasteiger partial charge in [0.1, 0.15) is 0 Å². The molecule has 0 aromatic rings. The normalized spacial score (nSPS) is 51.9. The second-order valence-electron chi connectivity index (χ2n) is 18.6. The van der Waals surface area contributed by atoms with Gasteiger partial charge < -0.3 is 29.2 Å². The Kier molecular flexibility index (Phi) is 7.96. The highest BCUT2D eigenvalue weighted by atomic mass is 16.7. The zero-order valence-electron chi connectivity index (χ0n) is 30.1. The zero-order valence-corrected chi connectivity index (χ0v) is 30.1. The molecule has 0 bridgehead atoms. The van der Waals surface area contributed by atoms with E-state index in [1.165, 1.54) is 32.6 Å². The molecule has 8 heteroatoms. The van der Waals surface area contributed by atoms with E-state index in [2.05, 4.69) is 46.4 Å². The molecule has 2 heterocycles. The van der Waals surface area contributed by atoms with E-state index in [1.807, 2.05) is 0 Å². The van der Waals surface area contributed by atoms with Crippen LogP contribution in [0.5, 0.6) is 0 Å². The molecule has 2 saturated heterocycles. The van der Waals surface area contributed by atoms with Crippen LogP contribution in [0.3, 0.4) is 0 Å². The summed E-state index contributed by atoms with van der Waals surface area (Å²) in [6.07, 6.45) is 6.90. The lowest BCUT2D eigenvalue weighted by molar-refractivity contribution is -0.248. The van der Waals surface area contributed by atoms with Gasteiger partial charge in [-0.1, -0.05) is 41.5 Å². The van der Waals surface area contributed by atoms with E-state index >= 15 is 0 Å². The van der Waals surface area contributed by atoms with Gasteiger partial charge in [-0.2, -0.15) is 0 Å². The Morgan fingerprint density at radius 1 is 1.07 bits per heavy atom. The molecule has 14 atom stereocenters. The van der Waals surface area contributed by atoms with Crippen LogP contribution in [0, 0.1) is 50.7 Å². The molecule has 0 radical (unpaired) electrons. The maximum absolute atomic E-state index is 12.5. The van der Waals surface area contributed by atoms with Crippen molar-refractivity contribution in [3.05, 3.63) is 0 Å². The fraction of sp³-hybridized carbons (Fsp3) is 0.974. The first kappa shape index (κ1) is 33.7. The first-order valence-electron chi connectivity index (χ1n) is 18.7. The minimum atomic E-state index is -1.25. The largest absolute Gasteiger partial charge is 0.457 e. The Labute approximate surface area is 277 Å². The minimum Gasteiger partial charge on any atom is -0.457 e. The van der Waals surface area contributed by atoms with E-state index in [-0.39, 0.29) is 52.0 Å². The standard InChI is InChI=1S/C38H63NO7/c1-10-39-17-18-43-28(20-39)46-27-13-14-37-21-38(37)16-15-35(8)29-22(2)19-24(32(34(6,7)42)44-23(3)40)45-30(29)31(41)36(35,9)26(38)12-11-25(37)33(27,4)5/h22,24-32,41-42H,10-21H2,1-9H3/t22-,24?,25+,26?,27+,28+,29+,30?,31+,32+,35-,36-,37-,38+/m1/s1. The number of carbonyl (C=O) groups excluding carboxylic acids is 1. The summed E-state index contributed by atoms with van der Waals surface area (Å²) >= 11 is 0. The van der Waals surface area contributed by atoms with Crippen molar-refractivity contribution in [1.82, 2.24) is 4.90 Å². The first-order valence-corrected chi connectivity index (χ1v) is 18.7.